The van der Waals surface area contributed by atoms with Gasteiger partial charge in [0.1, 0.15) is 16.3 Å². The molecule has 7 heteroatoms. The molecule has 0 spiro atoms. The predicted molar refractivity (Wildman–Crippen MR) is 76.3 cm³/mol. The van der Waals surface area contributed by atoms with E-state index < -0.39 is 22.5 Å². The number of halogens is 3. The van der Waals surface area contributed by atoms with Crippen molar-refractivity contribution in [2.45, 2.75) is 6.92 Å². The van der Waals surface area contributed by atoms with Crippen molar-refractivity contribution in [2.75, 3.05) is 0 Å². The van der Waals surface area contributed by atoms with E-state index in [4.69, 9.17) is 39.2 Å². The molecule has 0 radical (unpaired) electrons. The van der Waals surface area contributed by atoms with Gasteiger partial charge in [0, 0.05) is 6.07 Å². The average molecular weight is 334 g/mol. The Morgan fingerprint density at radius 1 is 1.20 bits per heavy atom. The van der Waals surface area contributed by atoms with Gasteiger partial charge in [-0.2, -0.15) is 0 Å². The van der Waals surface area contributed by atoms with Crippen LogP contribution in [0.2, 0.25) is 15.1 Å². The molecule has 2 aromatic rings. The first kappa shape index (κ1) is 14.9. The third kappa shape index (κ3) is 2.54. The molecule has 0 unspecified atom stereocenters. The molecule has 0 aliphatic rings. The largest absolute Gasteiger partial charge is 0.505 e. The van der Waals surface area contributed by atoms with Crippen molar-refractivity contribution in [2.24, 2.45) is 0 Å². The molecule has 0 aliphatic carbocycles. The van der Waals surface area contributed by atoms with Gasteiger partial charge in [0.2, 0.25) is 5.78 Å². The lowest BCUT2D eigenvalue weighted by Gasteiger charge is -1.99. The molecule has 0 aliphatic heterocycles. The Hall–Kier alpha value is -1.49. The van der Waals surface area contributed by atoms with Gasteiger partial charge in [-0.25, -0.2) is 0 Å². The van der Waals surface area contributed by atoms with E-state index in [0.717, 1.165) is 6.07 Å². The highest BCUT2D eigenvalue weighted by Gasteiger charge is 2.23. The van der Waals surface area contributed by atoms with Gasteiger partial charge in [-0.3, -0.25) is 9.59 Å². The second-order valence-electron chi connectivity index (χ2n) is 3.95. The molecule has 0 bridgehead atoms. The topological polar surface area (TPSA) is 67.5 Å². The van der Waals surface area contributed by atoms with Crippen LogP contribution in [-0.2, 0) is 0 Å². The number of hydrogen-bond donors (Lipinski definition) is 1. The average Bonchev–Trinajstić information content (AvgIpc) is 2.80. The second kappa shape index (κ2) is 5.48. The first-order chi connectivity index (χ1) is 9.32. The molecule has 0 amide bonds. The van der Waals surface area contributed by atoms with Gasteiger partial charge in [-0.1, -0.05) is 34.8 Å². The van der Waals surface area contributed by atoms with E-state index in [1.807, 2.05) is 0 Å². The smallest absolute Gasteiger partial charge is 0.235 e. The van der Waals surface area contributed by atoms with Gasteiger partial charge in [0.05, 0.1) is 10.0 Å². The number of ketones is 1. The standard InChI is InChI=1S/C13H7Cl3O4/c1-5-2-3-8(20-5)12(18)9-7(17)4-6(14)10(15)11(16)13(9)19/h2-4,19H,1H3. The lowest BCUT2D eigenvalue weighted by molar-refractivity contribution is 0.100. The summed E-state index contributed by atoms with van der Waals surface area (Å²) in [4.78, 5) is 24.2. The second-order valence-corrected chi connectivity index (χ2v) is 5.11. The predicted octanol–water partition coefficient (Wildman–Crippen LogP) is 3.85. The molecule has 0 atom stereocenters. The van der Waals surface area contributed by atoms with Gasteiger partial charge in [-0.05, 0) is 19.1 Å². The first-order valence-corrected chi connectivity index (χ1v) is 6.48. The lowest BCUT2D eigenvalue weighted by atomic mass is 10.1. The molecule has 4 nitrogen and oxygen atoms in total. The Morgan fingerprint density at radius 3 is 2.40 bits per heavy atom. The van der Waals surface area contributed by atoms with Crippen LogP contribution in [0.5, 0.6) is 5.75 Å². The Labute approximate surface area is 128 Å². The van der Waals surface area contributed by atoms with E-state index in [1.54, 1.807) is 13.0 Å². The van der Waals surface area contributed by atoms with Crippen LogP contribution >= 0.6 is 34.8 Å². The summed E-state index contributed by atoms with van der Waals surface area (Å²) in [5, 5.41) is 9.20. The minimum atomic E-state index is -0.805. The number of aromatic hydroxyl groups is 1. The summed E-state index contributed by atoms with van der Waals surface area (Å²) in [5.74, 6) is -1.13. The number of carbonyl (C=O) groups excluding carboxylic acids is 1. The molecule has 0 saturated heterocycles. The molecule has 0 saturated carbocycles. The minimum Gasteiger partial charge on any atom is -0.505 e. The zero-order valence-electron chi connectivity index (χ0n) is 10.0. The summed E-state index contributed by atoms with van der Waals surface area (Å²) in [5.41, 5.74) is -1.35. The molecule has 0 fully saturated rings. The summed E-state index contributed by atoms with van der Waals surface area (Å²) in [6.45, 7) is 1.64. The maximum Gasteiger partial charge on any atom is 0.235 e. The number of carbonyl (C=O) groups is 1. The van der Waals surface area contributed by atoms with Crippen molar-refractivity contribution in [1.82, 2.24) is 0 Å². The van der Waals surface area contributed by atoms with Crippen LogP contribution in [-0.4, -0.2) is 10.9 Å². The fourth-order valence-corrected chi connectivity index (χ4v) is 2.17. The van der Waals surface area contributed by atoms with Crippen molar-refractivity contribution in [1.29, 1.82) is 0 Å². The normalized spacial score (nSPS) is 10.6. The van der Waals surface area contributed by atoms with E-state index in [0.29, 0.717) is 5.76 Å². The fraction of sp³-hybridized carbons (Fsp3) is 0.0769. The Kier molecular flexibility index (Phi) is 4.09. The number of aryl methyl sites for hydroxylation is 1. The molecule has 20 heavy (non-hydrogen) atoms. The Bertz CT molecular complexity index is 765. The quantitative estimate of drug-likeness (QED) is 0.848. The van der Waals surface area contributed by atoms with Crippen LogP contribution in [0.25, 0.3) is 0 Å². The van der Waals surface area contributed by atoms with Crippen LogP contribution < -0.4 is 5.43 Å². The summed E-state index contributed by atoms with van der Waals surface area (Å²) < 4.78 is 5.13. The SMILES string of the molecule is Cc1ccc(C(=O)c2c(O)c(Cl)c(Cl)c(Cl)cc2=O)o1. The van der Waals surface area contributed by atoms with E-state index >= 15 is 0 Å². The molecule has 2 rings (SSSR count). The van der Waals surface area contributed by atoms with Gasteiger partial charge >= 0.3 is 0 Å². The van der Waals surface area contributed by atoms with Crippen LogP contribution in [0.3, 0.4) is 0 Å². The summed E-state index contributed by atoms with van der Waals surface area (Å²) in [6.07, 6.45) is 0. The van der Waals surface area contributed by atoms with E-state index in [1.165, 1.54) is 6.07 Å². The minimum absolute atomic E-state index is 0.0931. The zero-order chi connectivity index (χ0) is 15.0. The van der Waals surface area contributed by atoms with Crippen molar-refractivity contribution in [3.05, 3.63) is 60.6 Å². The van der Waals surface area contributed by atoms with Gasteiger partial charge in [0.25, 0.3) is 0 Å². The molecule has 104 valence electrons. The van der Waals surface area contributed by atoms with E-state index in [9.17, 15) is 14.7 Å². The molecule has 1 N–H and O–H groups in total. The van der Waals surface area contributed by atoms with Crippen LogP contribution in [0.4, 0.5) is 0 Å². The van der Waals surface area contributed by atoms with E-state index in [-0.39, 0.29) is 20.8 Å². The highest BCUT2D eigenvalue weighted by atomic mass is 35.5. The Morgan fingerprint density at radius 2 is 1.85 bits per heavy atom. The van der Waals surface area contributed by atoms with Crippen LogP contribution in [0, 0.1) is 6.92 Å². The highest BCUT2D eigenvalue weighted by Crippen LogP contribution is 2.36. The first-order valence-electron chi connectivity index (χ1n) is 5.35. The van der Waals surface area contributed by atoms with Gasteiger partial charge in [0.15, 0.2) is 16.9 Å². The third-order valence-corrected chi connectivity index (χ3v) is 3.79. The number of furan rings is 1. The molecule has 1 aromatic heterocycles. The monoisotopic (exact) mass is 332 g/mol. The van der Waals surface area contributed by atoms with Gasteiger partial charge < -0.3 is 9.52 Å². The van der Waals surface area contributed by atoms with Crippen LogP contribution in [0.1, 0.15) is 21.9 Å². The van der Waals surface area contributed by atoms with Crippen LogP contribution in [0.15, 0.2) is 27.4 Å². The van der Waals surface area contributed by atoms with Crippen molar-refractivity contribution in [3.63, 3.8) is 0 Å². The molecular formula is C13H7Cl3O4. The van der Waals surface area contributed by atoms with Gasteiger partial charge in [-0.15, -0.1) is 0 Å². The lowest BCUT2D eigenvalue weighted by Crippen LogP contribution is -2.12. The highest BCUT2D eigenvalue weighted by molar-refractivity contribution is 6.48. The molecular weight excluding hydrogens is 326 g/mol. The number of rotatable bonds is 2. The molecule has 1 heterocycles. The maximum atomic E-state index is 12.2. The summed E-state index contributed by atoms with van der Waals surface area (Å²) in [7, 11) is 0. The fourth-order valence-electron chi connectivity index (χ4n) is 1.59. The zero-order valence-corrected chi connectivity index (χ0v) is 12.3. The third-order valence-electron chi connectivity index (χ3n) is 2.54. The van der Waals surface area contributed by atoms with E-state index in [2.05, 4.69) is 0 Å². The van der Waals surface area contributed by atoms with Crippen molar-refractivity contribution < 1.29 is 14.3 Å². The van der Waals surface area contributed by atoms with Crippen molar-refractivity contribution in [3.8, 4) is 5.75 Å². The molecule has 1 aromatic carbocycles. The number of hydrogen-bond acceptors (Lipinski definition) is 4. The summed E-state index contributed by atoms with van der Waals surface area (Å²) in [6, 6.07) is 3.86. The van der Waals surface area contributed by atoms with Crippen molar-refractivity contribution >= 4 is 40.6 Å². The maximum absolute atomic E-state index is 12.2. The summed E-state index contributed by atoms with van der Waals surface area (Å²) >= 11 is 17.3. The Balaban J connectivity index is 2.76.